The van der Waals surface area contributed by atoms with E-state index in [-0.39, 0.29) is 18.0 Å². The minimum Gasteiger partial charge on any atom is -0.495 e. The first-order valence-corrected chi connectivity index (χ1v) is 7.06. The summed E-state index contributed by atoms with van der Waals surface area (Å²) in [6.45, 7) is 2.95. The Kier molecular flexibility index (Phi) is 5.03. The molecule has 0 atom stereocenters. The van der Waals surface area contributed by atoms with Gasteiger partial charge in [-0.3, -0.25) is 4.79 Å². The Balaban J connectivity index is 1.84. The van der Waals surface area contributed by atoms with Crippen LogP contribution in [0.15, 0.2) is 24.3 Å². The number of ether oxygens (including phenoxy) is 1. The number of anilines is 1. The zero-order valence-electron chi connectivity index (χ0n) is 12.4. The van der Waals surface area contributed by atoms with Gasteiger partial charge in [0, 0.05) is 26.1 Å². The van der Waals surface area contributed by atoms with Crippen molar-refractivity contribution >= 4 is 17.6 Å². The molecule has 1 aliphatic rings. The van der Waals surface area contributed by atoms with Gasteiger partial charge >= 0.3 is 6.03 Å². The van der Waals surface area contributed by atoms with Gasteiger partial charge in [-0.2, -0.15) is 0 Å². The number of urea groups is 1. The van der Waals surface area contributed by atoms with E-state index in [1.807, 2.05) is 12.1 Å². The average Bonchev–Trinajstić information content (AvgIpc) is 2.48. The standard InChI is InChI=1S/C15H21N3O3/c1-11(19)18-9-7-12(8-10-18)16-15(20)17-13-5-3-4-6-14(13)21-2/h3-6,12H,7-10H2,1-2H3,(H2,16,17,20). The number of hydrogen-bond donors (Lipinski definition) is 2. The normalized spacial score (nSPS) is 15.4. The lowest BCUT2D eigenvalue weighted by Gasteiger charge is -2.31. The molecule has 1 heterocycles. The quantitative estimate of drug-likeness (QED) is 0.892. The first-order valence-electron chi connectivity index (χ1n) is 7.06. The lowest BCUT2D eigenvalue weighted by atomic mass is 10.1. The fraction of sp³-hybridized carbons (Fsp3) is 0.467. The molecule has 0 aliphatic carbocycles. The summed E-state index contributed by atoms with van der Waals surface area (Å²) in [4.78, 5) is 25.1. The van der Waals surface area contributed by atoms with Crippen molar-refractivity contribution in [3.63, 3.8) is 0 Å². The summed E-state index contributed by atoms with van der Waals surface area (Å²) < 4.78 is 5.19. The van der Waals surface area contributed by atoms with Crippen LogP contribution < -0.4 is 15.4 Å². The predicted octanol–water partition coefficient (Wildman–Crippen LogP) is 1.83. The summed E-state index contributed by atoms with van der Waals surface area (Å²) >= 11 is 0. The highest BCUT2D eigenvalue weighted by molar-refractivity contribution is 5.91. The van der Waals surface area contributed by atoms with Gasteiger partial charge in [-0.05, 0) is 25.0 Å². The molecule has 2 N–H and O–H groups in total. The number of carbonyl (C=O) groups excluding carboxylic acids is 2. The number of hydrogen-bond acceptors (Lipinski definition) is 3. The molecule has 114 valence electrons. The summed E-state index contributed by atoms with van der Waals surface area (Å²) in [5.41, 5.74) is 0.638. The number of methoxy groups -OCH3 is 1. The van der Waals surface area contributed by atoms with Crippen molar-refractivity contribution in [1.82, 2.24) is 10.2 Å². The van der Waals surface area contributed by atoms with Crippen LogP contribution in [-0.2, 0) is 4.79 Å². The van der Waals surface area contributed by atoms with Crippen molar-refractivity contribution in [3.05, 3.63) is 24.3 Å². The van der Waals surface area contributed by atoms with Gasteiger partial charge in [0.15, 0.2) is 0 Å². The number of nitrogens with one attached hydrogen (secondary N) is 2. The molecular weight excluding hydrogens is 270 g/mol. The second-order valence-corrected chi connectivity index (χ2v) is 5.08. The molecule has 1 saturated heterocycles. The van der Waals surface area contributed by atoms with E-state index in [4.69, 9.17) is 4.74 Å². The molecule has 0 spiro atoms. The Labute approximate surface area is 124 Å². The molecule has 2 rings (SSSR count). The third-order valence-corrected chi connectivity index (χ3v) is 3.63. The molecular formula is C15H21N3O3. The van der Waals surface area contributed by atoms with E-state index in [0.29, 0.717) is 24.5 Å². The van der Waals surface area contributed by atoms with Crippen LogP contribution in [0.3, 0.4) is 0 Å². The highest BCUT2D eigenvalue weighted by atomic mass is 16.5. The van der Waals surface area contributed by atoms with Crippen LogP contribution >= 0.6 is 0 Å². The highest BCUT2D eigenvalue weighted by Crippen LogP contribution is 2.22. The van der Waals surface area contributed by atoms with E-state index >= 15 is 0 Å². The molecule has 1 aromatic rings. The predicted molar refractivity (Wildman–Crippen MR) is 80.4 cm³/mol. The Hall–Kier alpha value is -2.24. The molecule has 1 fully saturated rings. The molecule has 21 heavy (non-hydrogen) atoms. The average molecular weight is 291 g/mol. The number of likely N-dealkylation sites (tertiary alicyclic amines) is 1. The molecule has 3 amide bonds. The van der Waals surface area contributed by atoms with E-state index in [0.717, 1.165) is 12.8 Å². The maximum Gasteiger partial charge on any atom is 0.319 e. The number of para-hydroxylation sites is 2. The van der Waals surface area contributed by atoms with Crippen molar-refractivity contribution in [2.45, 2.75) is 25.8 Å². The van der Waals surface area contributed by atoms with E-state index in [1.165, 1.54) is 0 Å². The molecule has 0 saturated carbocycles. The van der Waals surface area contributed by atoms with Crippen LogP contribution in [-0.4, -0.2) is 43.1 Å². The van der Waals surface area contributed by atoms with Crippen molar-refractivity contribution in [3.8, 4) is 5.75 Å². The van der Waals surface area contributed by atoms with Crippen LogP contribution in [0.25, 0.3) is 0 Å². The van der Waals surface area contributed by atoms with Crippen LogP contribution in [0.5, 0.6) is 5.75 Å². The maximum absolute atomic E-state index is 12.0. The van der Waals surface area contributed by atoms with Gasteiger partial charge in [0.1, 0.15) is 5.75 Å². The lowest BCUT2D eigenvalue weighted by Crippen LogP contribution is -2.47. The van der Waals surface area contributed by atoms with Gasteiger partial charge in [-0.15, -0.1) is 0 Å². The monoisotopic (exact) mass is 291 g/mol. The number of rotatable bonds is 3. The first kappa shape index (κ1) is 15.2. The third kappa shape index (κ3) is 4.11. The molecule has 0 aromatic heterocycles. The molecule has 1 aliphatic heterocycles. The summed E-state index contributed by atoms with van der Waals surface area (Å²) in [7, 11) is 1.57. The van der Waals surface area contributed by atoms with Gasteiger partial charge in [-0.1, -0.05) is 12.1 Å². The van der Waals surface area contributed by atoms with E-state index < -0.39 is 0 Å². The fourth-order valence-corrected chi connectivity index (χ4v) is 2.43. The van der Waals surface area contributed by atoms with Gasteiger partial charge in [0.25, 0.3) is 0 Å². The van der Waals surface area contributed by atoms with E-state index in [1.54, 1.807) is 31.1 Å². The topological polar surface area (TPSA) is 70.7 Å². The first-order chi connectivity index (χ1) is 10.1. The van der Waals surface area contributed by atoms with Crippen LogP contribution in [0.2, 0.25) is 0 Å². The summed E-state index contributed by atoms with van der Waals surface area (Å²) in [6, 6.07) is 7.11. The molecule has 0 bridgehead atoms. The smallest absolute Gasteiger partial charge is 0.319 e. The van der Waals surface area contributed by atoms with Crippen LogP contribution in [0, 0.1) is 0 Å². The van der Waals surface area contributed by atoms with Crippen molar-refractivity contribution < 1.29 is 14.3 Å². The minimum absolute atomic E-state index is 0.0897. The summed E-state index contributed by atoms with van der Waals surface area (Å²) in [5.74, 6) is 0.714. The molecule has 6 heteroatoms. The summed E-state index contributed by atoms with van der Waals surface area (Å²) in [6.07, 6.45) is 1.55. The second-order valence-electron chi connectivity index (χ2n) is 5.08. The van der Waals surface area contributed by atoms with Crippen molar-refractivity contribution in [1.29, 1.82) is 0 Å². The lowest BCUT2D eigenvalue weighted by molar-refractivity contribution is -0.129. The molecule has 1 aromatic carbocycles. The van der Waals surface area contributed by atoms with Crippen molar-refractivity contribution in [2.24, 2.45) is 0 Å². The van der Waals surface area contributed by atoms with E-state index in [2.05, 4.69) is 10.6 Å². The number of benzene rings is 1. The highest BCUT2D eigenvalue weighted by Gasteiger charge is 2.22. The Morgan fingerprint density at radius 2 is 1.90 bits per heavy atom. The number of nitrogens with zero attached hydrogens (tertiary/aromatic N) is 1. The largest absolute Gasteiger partial charge is 0.495 e. The second kappa shape index (κ2) is 6.97. The van der Waals surface area contributed by atoms with Gasteiger partial charge in [-0.25, -0.2) is 4.79 Å². The Morgan fingerprint density at radius 3 is 2.52 bits per heavy atom. The Bertz CT molecular complexity index is 511. The third-order valence-electron chi connectivity index (χ3n) is 3.63. The van der Waals surface area contributed by atoms with Gasteiger partial charge in [0.2, 0.25) is 5.91 Å². The molecule has 0 radical (unpaired) electrons. The van der Waals surface area contributed by atoms with Crippen molar-refractivity contribution in [2.75, 3.05) is 25.5 Å². The van der Waals surface area contributed by atoms with E-state index in [9.17, 15) is 9.59 Å². The zero-order chi connectivity index (χ0) is 15.2. The summed E-state index contributed by atoms with van der Waals surface area (Å²) in [5, 5.41) is 5.72. The number of amides is 3. The zero-order valence-corrected chi connectivity index (χ0v) is 12.4. The Morgan fingerprint density at radius 1 is 1.24 bits per heavy atom. The van der Waals surface area contributed by atoms with Gasteiger partial charge < -0.3 is 20.3 Å². The maximum atomic E-state index is 12.0. The number of piperidine rings is 1. The molecule has 0 unspecified atom stereocenters. The van der Waals surface area contributed by atoms with Gasteiger partial charge in [0.05, 0.1) is 12.8 Å². The fourth-order valence-electron chi connectivity index (χ4n) is 2.43. The minimum atomic E-state index is -0.249. The van der Waals surface area contributed by atoms with Crippen LogP contribution in [0.4, 0.5) is 10.5 Å². The SMILES string of the molecule is COc1ccccc1NC(=O)NC1CCN(C(C)=O)CC1. The molecule has 6 nitrogen and oxygen atoms in total. The van der Waals surface area contributed by atoms with Crippen LogP contribution in [0.1, 0.15) is 19.8 Å². The number of carbonyl (C=O) groups is 2.